The van der Waals surface area contributed by atoms with Crippen LogP contribution in [0.25, 0.3) is 0 Å². The average molecular weight is 340 g/mol. The number of hydrogen-bond acceptors (Lipinski definition) is 6. The third-order valence-corrected chi connectivity index (χ3v) is 3.80. The summed E-state index contributed by atoms with van der Waals surface area (Å²) in [4.78, 5) is 32.1. The number of nitrogens with zero attached hydrogens (tertiary/aromatic N) is 4. The number of β-amino-alcohol motifs (C(OH)–C–C–N with tert-alkyl or cyclic N) is 1. The lowest BCUT2D eigenvalue weighted by atomic mass is 9.98. The molecule has 1 heterocycles. The maximum atomic E-state index is 12.6. The molecule has 130 valence electrons. The van der Waals surface area contributed by atoms with E-state index in [9.17, 15) is 20.0 Å². The van der Waals surface area contributed by atoms with Crippen molar-refractivity contribution in [2.75, 3.05) is 25.5 Å². The molecule has 7 heteroatoms. The molecule has 0 aromatic heterocycles. The minimum Gasteiger partial charge on any atom is -0.392 e. The monoisotopic (exact) mass is 340 g/mol. The SMILES string of the molecule is CC1=C(C#N)C(=O)N(CC(C)O)C(=O)C1=Nc1ccc(N(C)C)cc1. The van der Waals surface area contributed by atoms with Gasteiger partial charge in [-0.1, -0.05) is 0 Å². The maximum Gasteiger partial charge on any atom is 0.279 e. The molecule has 7 nitrogen and oxygen atoms in total. The first-order valence-corrected chi connectivity index (χ1v) is 7.78. The molecule has 2 amide bonds. The molecule has 1 aliphatic rings. The van der Waals surface area contributed by atoms with Crippen molar-refractivity contribution in [2.45, 2.75) is 20.0 Å². The number of imide groups is 1. The number of rotatable bonds is 4. The van der Waals surface area contributed by atoms with Gasteiger partial charge in [-0.05, 0) is 38.1 Å². The lowest BCUT2D eigenvalue weighted by Gasteiger charge is -2.27. The van der Waals surface area contributed by atoms with E-state index in [1.54, 1.807) is 12.1 Å². The zero-order valence-corrected chi connectivity index (χ0v) is 14.6. The van der Waals surface area contributed by atoms with Gasteiger partial charge in [0, 0.05) is 25.4 Å². The number of aliphatic imine (C=N–C) groups is 1. The fourth-order valence-corrected chi connectivity index (χ4v) is 2.44. The van der Waals surface area contributed by atoms with Crippen molar-refractivity contribution in [2.24, 2.45) is 4.99 Å². The van der Waals surface area contributed by atoms with Crippen LogP contribution in [0.2, 0.25) is 0 Å². The highest BCUT2D eigenvalue weighted by atomic mass is 16.3. The second-order valence-electron chi connectivity index (χ2n) is 6.05. The van der Waals surface area contributed by atoms with Gasteiger partial charge in [-0.15, -0.1) is 0 Å². The molecule has 0 bridgehead atoms. The third-order valence-electron chi connectivity index (χ3n) is 3.80. The molecule has 0 spiro atoms. The van der Waals surface area contributed by atoms with E-state index in [1.807, 2.05) is 37.2 Å². The first-order chi connectivity index (χ1) is 11.8. The van der Waals surface area contributed by atoms with Gasteiger partial charge in [0.25, 0.3) is 11.8 Å². The van der Waals surface area contributed by atoms with E-state index in [0.29, 0.717) is 5.69 Å². The van der Waals surface area contributed by atoms with E-state index in [2.05, 4.69) is 4.99 Å². The normalized spacial score (nSPS) is 17.8. The Balaban J connectivity index is 2.50. The van der Waals surface area contributed by atoms with Crippen molar-refractivity contribution in [3.8, 4) is 6.07 Å². The number of carbonyl (C=O) groups is 2. The van der Waals surface area contributed by atoms with Gasteiger partial charge < -0.3 is 10.0 Å². The van der Waals surface area contributed by atoms with E-state index in [0.717, 1.165) is 10.6 Å². The molecule has 0 fully saturated rings. The Kier molecular flexibility index (Phi) is 5.35. The zero-order chi connectivity index (χ0) is 18.7. The molecular formula is C18H20N4O3. The van der Waals surface area contributed by atoms with Gasteiger partial charge in [-0.2, -0.15) is 5.26 Å². The molecule has 1 atom stereocenters. The molecule has 0 radical (unpaired) electrons. The number of carbonyl (C=O) groups excluding carboxylic acids is 2. The predicted octanol–water partition coefficient (Wildman–Crippen LogP) is 1.41. The summed E-state index contributed by atoms with van der Waals surface area (Å²) in [5, 5.41) is 18.8. The summed E-state index contributed by atoms with van der Waals surface area (Å²) in [6.45, 7) is 2.81. The van der Waals surface area contributed by atoms with Crippen LogP contribution in [0.15, 0.2) is 40.4 Å². The Hall–Kier alpha value is -2.98. The lowest BCUT2D eigenvalue weighted by molar-refractivity contribution is -0.140. The molecule has 2 rings (SSSR count). The van der Waals surface area contributed by atoms with E-state index in [4.69, 9.17) is 0 Å². The van der Waals surface area contributed by atoms with Crippen LogP contribution in [0.4, 0.5) is 11.4 Å². The summed E-state index contributed by atoms with van der Waals surface area (Å²) in [5.74, 6) is -1.31. The molecule has 0 saturated heterocycles. The van der Waals surface area contributed by atoms with E-state index >= 15 is 0 Å². The van der Waals surface area contributed by atoms with Gasteiger partial charge in [0.1, 0.15) is 17.4 Å². The second kappa shape index (κ2) is 7.28. The highest BCUT2D eigenvalue weighted by Crippen LogP contribution is 2.23. The molecule has 0 saturated carbocycles. The van der Waals surface area contributed by atoms with Crippen molar-refractivity contribution in [3.63, 3.8) is 0 Å². The maximum absolute atomic E-state index is 12.6. The van der Waals surface area contributed by atoms with Crippen molar-refractivity contribution < 1.29 is 14.7 Å². The minimum absolute atomic E-state index is 0.0365. The van der Waals surface area contributed by atoms with Crippen LogP contribution in [-0.4, -0.2) is 54.3 Å². The van der Waals surface area contributed by atoms with Gasteiger partial charge in [-0.3, -0.25) is 14.5 Å². The summed E-state index contributed by atoms with van der Waals surface area (Å²) >= 11 is 0. The highest BCUT2D eigenvalue weighted by Gasteiger charge is 2.37. The van der Waals surface area contributed by atoms with Crippen LogP contribution >= 0.6 is 0 Å². The lowest BCUT2D eigenvalue weighted by Crippen LogP contribution is -2.49. The quantitative estimate of drug-likeness (QED) is 0.836. The number of anilines is 1. The largest absolute Gasteiger partial charge is 0.392 e. The van der Waals surface area contributed by atoms with Crippen molar-refractivity contribution in [1.29, 1.82) is 5.26 Å². The number of hydrogen-bond donors (Lipinski definition) is 1. The second-order valence-corrected chi connectivity index (χ2v) is 6.05. The highest BCUT2D eigenvalue weighted by molar-refractivity contribution is 6.51. The molecular weight excluding hydrogens is 320 g/mol. The molecule has 0 aliphatic carbocycles. The van der Waals surface area contributed by atoms with Gasteiger partial charge in [0.05, 0.1) is 18.3 Å². The molecule has 1 unspecified atom stereocenters. The summed E-state index contributed by atoms with van der Waals surface area (Å²) in [5.41, 5.74) is 1.67. The Labute approximate surface area is 146 Å². The van der Waals surface area contributed by atoms with E-state index in [-0.39, 0.29) is 23.4 Å². The van der Waals surface area contributed by atoms with E-state index in [1.165, 1.54) is 13.8 Å². The Morgan fingerprint density at radius 2 is 1.84 bits per heavy atom. The molecule has 1 aromatic carbocycles. The van der Waals surface area contributed by atoms with Crippen LogP contribution in [-0.2, 0) is 9.59 Å². The summed E-state index contributed by atoms with van der Waals surface area (Å²) in [7, 11) is 3.83. The Morgan fingerprint density at radius 1 is 1.24 bits per heavy atom. The summed E-state index contributed by atoms with van der Waals surface area (Å²) in [6.07, 6.45) is -0.896. The van der Waals surface area contributed by atoms with Crippen LogP contribution in [0.1, 0.15) is 13.8 Å². The van der Waals surface area contributed by atoms with Gasteiger partial charge in [0.15, 0.2) is 0 Å². The number of amides is 2. The first-order valence-electron chi connectivity index (χ1n) is 7.78. The van der Waals surface area contributed by atoms with E-state index < -0.39 is 17.9 Å². The van der Waals surface area contributed by atoms with Crippen molar-refractivity contribution in [3.05, 3.63) is 35.4 Å². The van der Waals surface area contributed by atoms with Crippen LogP contribution < -0.4 is 4.90 Å². The topological polar surface area (TPSA) is 97.0 Å². The van der Waals surface area contributed by atoms with Crippen molar-refractivity contribution >= 4 is 28.9 Å². The van der Waals surface area contributed by atoms with Crippen LogP contribution in [0, 0.1) is 11.3 Å². The average Bonchev–Trinajstić information content (AvgIpc) is 2.56. The van der Waals surface area contributed by atoms with Crippen LogP contribution in [0.3, 0.4) is 0 Å². The number of nitriles is 1. The molecule has 1 aromatic rings. The molecule has 25 heavy (non-hydrogen) atoms. The predicted molar refractivity (Wildman–Crippen MR) is 94.6 cm³/mol. The van der Waals surface area contributed by atoms with Crippen molar-refractivity contribution in [1.82, 2.24) is 4.90 Å². The summed E-state index contributed by atoms with van der Waals surface area (Å²) < 4.78 is 0. The Morgan fingerprint density at radius 3 is 2.32 bits per heavy atom. The number of aliphatic hydroxyl groups excluding tert-OH is 1. The van der Waals surface area contributed by atoms with Gasteiger partial charge in [-0.25, -0.2) is 4.99 Å². The third kappa shape index (κ3) is 3.75. The summed E-state index contributed by atoms with van der Waals surface area (Å²) in [6, 6.07) is 9.06. The van der Waals surface area contributed by atoms with Gasteiger partial charge >= 0.3 is 0 Å². The van der Waals surface area contributed by atoms with Crippen LogP contribution in [0.5, 0.6) is 0 Å². The first kappa shape index (κ1) is 18.4. The Bertz CT molecular complexity index is 799. The fraction of sp³-hybridized carbons (Fsp3) is 0.333. The molecule has 1 N–H and O–H groups in total. The minimum atomic E-state index is -0.896. The zero-order valence-electron chi connectivity index (χ0n) is 14.6. The molecule has 1 aliphatic heterocycles. The van der Waals surface area contributed by atoms with Gasteiger partial charge in [0.2, 0.25) is 0 Å². The number of aliphatic hydroxyl groups is 1. The fourth-order valence-electron chi connectivity index (χ4n) is 2.44. The smallest absolute Gasteiger partial charge is 0.279 e. The number of benzene rings is 1. The standard InChI is InChI=1S/C18H20N4O3/c1-11(23)10-22-17(24)15(9-19)12(2)16(18(22)25)20-13-5-7-14(8-6-13)21(3)4/h5-8,11,23H,10H2,1-4H3.